The van der Waals surface area contributed by atoms with E-state index in [2.05, 4.69) is 0 Å². The van der Waals surface area contributed by atoms with Gasteiger partial charge in [-0.15, -0.1) is 0 Å². The van der Waals surface area contributed by atoms with E-state index >= 15 is 0 Å². The summed E-state index contributed by atoms with van der Waals surface area (Å²) < 4.78 is 0. The van der Waals surface area contributed by atoms with Crippen molar-refractivity contribution in [1.29, 1.82) is 0 Å². The number of allylic oxidation sites excluding steroid dienone is 3. The number of halogens is 1. The molecule has 0 saturated carbocycles. The molecule has 0 fully saturated rings. The predicted molar refractivity (Wildman–Crippen MR) is 60.3 cm³/mol. The van der Waals surface area contributed by atoms with E-state index in [1.165, 1.54) is 12.2 Å². The maximum Gasteiger partial charge on any atom is 0.178 e. The molecule has 2 heteroatoms. The van der Waals surface area contributed by atoms with Crippen LogP contribution in [0.15, 0.2) is 42.5 Å². The lowest BCUT2D eigenvalue weighted by molar-refractivity contribution is -0.110. The third-order valence-corrected chi connectivity index (χ3v) is 2.01. The van der Waals surface area contributed by atoms with E-state index < -0.39 is 0 Å². The van der Waals surface area contributed by atoms with E-state index in [4.69, 9.17) is 11.6 Å². The van der Waals surface area contributed by atoms with Gasteiger partial charge < -0.3 is 0 Å². The Labute approximate surface area is 88.7 Å². The Morgan fingerprint density at radius 2 is 2.00 bits per heavy atom. The largest absolute Gasteiger partial charge is 0.290 e. The van der Waals surface area contributed by atoms with Crippen LogP contribution in [-0.2, 0) is 4.79 Å². The Morgan fingerprint density at radius 1 is 1.29 bits per heavy atom. The van der Waals surface area contributed by atoms with Crippen LogP contribution in [0.2, 0.25) is 5.02 Å². The van der Waals surface area contributed by atoms with Gasteiger partial charge in [0, 0.05) is 5.02 Å². The molecule has 1 rings (SSSR count). The van der Waals surface area contributed by atoms with E-state index in [0.29, 0.717) is 5.02 Å². The highest BCUT2D eigenvalue weighted by Gasteiger charge is 1.94. The highest BCUT2D eigenvalue weighted by molar-refractivity contribution is 6.32. The Morgan fingerprint density at radius 3 is 2.64 bits per heavy atom. The first-order valence-electron chi connectivity index (χ1n) is 4.33. The topological polar surface area (TPSA) is 17.1 Å². The number of hydrogen-bond acceptors (Lipinski definition) is 1. The van der Waals surface area contributed by atoms with Crippen LogP contribution in [-0.4, -0.2) is 5.78 Å². The summed E-state index contributed by atoms with van der Waals surface area (Å²) in [6.45, 7) is 1.81. The molecular weight excluding hydrogens is 196 g/mol. The molecule has 1 nitrogen and oxygen atoms in total. The maximum atomic E-state index is 11.1. The highest BCUT2D eigenvalue weighted by Crippen LogP contribution is 2.16. The van der Waals surface area contributed by atoms with Gasteiger partial charge in [-0.3, -0.25) is 4.79 Å². The summed E-state index contributed by atoms with van der Waals surface area (Å²) in [6.07, 6.45) is 6.43. The summed E-state index contributed by atoms with van der Waals surface area (Å²) >= 11 is 5.90. The van der Waals surface area contributed by atoms with Crippen LogP contribution >= 0.6 is 11.6 Å². The van der Waals surface area contributed by atoms with Gasteiger partial charge in [-0.05, 0) is 36.8 Å². The molecular formula is C12H11ClO. The molecule has 0 aromatic heterocycles. The lowest BCUT2D eigenvalue weighted by atomic mass is 10.2. The van der Waals surface area contributed by atoms with E-state index in [9.17, 15) is 4.79 Å². The molecule has 1 aromatic rings. The summed E-state index contributed by atoms with van der Waals surface area (Å²) in [5.74, 6) is -0.0348. The lowest BCUT2D eigenvalue weighted by Gasteiger charge is -1.94. The fourth-order valence-corrected chi connectivity index (χ4v) is 1.20. The fourth-order valence-electron chi connectivity index (χ4n) is 1.00. The second kappa shape index (κ2) is 5.40. The first kappa shape index (κ1) is 10.7. The van der Waals surface area contributed by atoms with E-state index in [0.717, 1.165) is 5.56 Å². The monoisotopic (exact) mass is 206 g/mol. The number of carbonyl (C=O) groups excluding carboxylic acids is 1. The molecule has 0 spiro atoms. The van der Waals surface area contributed by atoms with Crippen molar-refractivity contribution in [3.63, 3.8) is 0 Å². The molecule has 0 aliphatic carbocycles. The summed E-state index contributed by atoms with van der Waals surface area (Å²) in [7, 11) is 0. The first-order valence-corrected chi connectivity index (χ1v) is 4.71. The van der Waals surface area contributed by atoms with Crippen LogP contribution in [0.5, 0.6) is 0 Å². The summed E-state index contributed by atoms with van der Waals surface area (Å²) in [6, 6.07) is 7.39. The number of hydrogen-bond donors (Lipinski definition) is 0. The second-order valence-corrected chi connectivity index (χ2v) is 3.16. The molecule has 0 aliphatic rings. The standard InChI is InChI=1S/C12H11ClO/c1-2-5-11(14)9-8-10-6-3-4-7-12(10)13/h2-9H,1H3/b5-2+,9-8+. The second-order valence-electron chi connectivity index (χ2n) is 2.76. The highest BCUT2D eigenvalue weighted by atomic mass is 35.5. The molecule has 14 heavy (non-hydrogen) atoms. The summed E-state index contributed by atoms with van der Waals surface area (Å²) in [4.78, 5) is 11.1. The normalized spacial score (nSPS) is 11.3. The van der Waals surface area contributed by atoms with Crippen molar-refractivity contribution >= 4 is 23.5 Å². The fraction of sp³-hybridized carbons (Fsp3) is 0.0833. The van der Waals surface area contributed by atoms with E-state index in [1.54, 1.807) is 25.1 Å². The van der Waals surface area contributed by atoms with Gasteiger partial charge in [-0.2, -0.15) is 0 Å². The predicted octanol–water partition coefficient (Wildman–Crippen LogP) is 3.50. The first-order chi connectivity index (χ1) is 6.74. The van der Waals surface area contributed by atoms with Crippen LogP contribution in [0.3, 0.4) is 0 Å². The average Bonchev–Trinajstić information content (AvgIpc) is 2.17. The third kappa shape index (κ3) is 3.19. The van der Waals surface area contributed by atoms with Crippen LogP contribution < -0.4 is 0 Å². The molecule has 0 saturated heterocycles. The van der Waals surface area contributed by atoms with E-state index in [1.807, 2.05) is 18.2 Å². The van der Waals surface area contributed by atoms with Gasteiger partial charge in [0.1, 0.15) is 0 Å². The van der Waals surface area contributed by atoms with Crippen molar-refractivity contribution in [2.75, 3.05) is 0 Å². The Balaban J connectivity index is 2.79. The van der Waals surface area contributed by atoms with Crippen molar-refractivity contribution < 1.29 is 4.79 Å². The lowest BCUT2D eigenvalue weighted by Crippen LogP contribution is -1.84. The zero-order chi connectivity index (χ0) is 10.4. The van der Waals surface area contributed by atoms with Crippen molar-refractivity contribution in [1.82, 2.24) is 0 Å². The van der Waals surface area contributed by atoms with Crippen LogP contribution in [0.25, 0.3) is 6.08 Å². The van der Waals surface area contributed by atoms with Crippen molar-refractivity contribution in [3.05, 3.63) is 53.1 Å². The van der Waals surface area contributed by atoms with Gasteiger partial charge in [-0.25, -0.2) is 0 Å². The zero-order valence-electron chi connectivity index (χ0n) is 7.91. The molecule has 0 heterocycles. The number of ketones is 1. The van der Waals surface area contributed by atoms with E-state index in [-0.39, 0.29) is 5.78 Å². The molecule has 0 amide bonds. The average molecular weight is 207 g/mol. The molecule has 0 unspecified atom stereocenters. The molecule has 72 valence electrons. The summed E-state index contributed by atoms with van der Waals surface area (Å²) in [5.41, 5.74) is 0.854. The molecule has 0 bridgehead atoms. The number of benzene rings is 1. The van der Waals surface area contributed by atoms with Gasteiger partial charge in [0.15, 0.2) is 5.78 Å². The zero-order valence-corrected chi connectivity index (χ0v) is 8.66. The summed E-state index contributed by atoms with van der Waals surface area (Å²) in [5, 5.41) is 0.650. The number of carbonyl (C=O) groups is 1. The quantitative estimate of drug-likeness (QED) is 0.692. The minimum atomic E-state index is -0.0348. The van der Waals surface area contributed by atoms with Gasteiger partial charge in [-0.1, -0.05) is 35.9 Å². The molecule has 0 aliphatic heterocycles. The Hall–Kier alpha value is -1.34. The minimum absolute atomic E-state index is 0.0348. The van der Waals surface area contributed by atoms with Crippen LogP contribution in [0.1, 0.15) is 12.5 Å². The van der Waals surface area contributed by atoms with Crippen molar-refractivity contribution in [2.45, 2.75) is 6.92 Å². The van der Waals surface area contributed by atoms with Gasteiger partial charge in [0.05, 0.1) is 0 Å². The van der Waals surface area contributed by atoms with Crippen molar-refractivity contribution in [2.24, 2.45) is 0 Å². The number of rotatable bonds is 3. The SMILES string of the molecule is C/C=C/C(=O)/C=C/c1ccccc1Cl. The minimum Gasteiger partial charge on any atom is -0.290 e. The van der Waals surface area contributed by atoms with Crippen LogP contribution in [0.4, 0.5) is 0 Å². The van der Waals surface area contributed by atoms with Crippen LogP contribution in [0, 0.1) is 0 Å². The van der Waals surface area contributed by atoms with Gasteiger partial charge in [0.25, 0.3) is 0 Å². The third-order valence-electron chi connectivity index (χ3n) is 1.66. The maximum absolute atomic E-state index is 11.1. The van der Waals surface area contributed by atoms with Gasteiger partial charge >= 0.3 is 0 Å². The Kier molecular flexibility index (Phi) is 4.14. The molecule has 0 N–H and O–H groups in total. The Bertz CT molecular complexity index is 378. The van der Waals surface area contributed by atoms with Crippen molar-refractivity contribution in [3.8, 4) is 0 Å². The smallest absolute Gasteiger partial charge is 0.178 e. The van der Waals surface area contributed by atoms with Gasteiger partial charge in [0.2, 0.25) is 0 Å². The molecule has 1 aromatic carbocycles. The molecule has 0 radical (unpaired) electrons. The molecule has 0 atom stereocenters.